The number of benzene rings is 1. The second-order valence-electron chi connectivity index (χ2n) is 6.69. The number of hydrogen-bond acceptors (Lipinski definition) is 5. The first kappa shape index (κ1) is 19.4. The Morgan fingerprint density at radius 2 is 2.04 bits per heavy atom. The van der Waals surface area contributed by atoms with Crippen LogP contribution < -0.4 is 9.64 Å². The molecule has 1 aromatic rings. The van der Waals surface area contributed by atoms with E-state index in [4.69, 9.17) is 10.00 Å². The quantitative estimate of drug-likeness (QED) is 0.728. The minimum Gasteiger partial charge on any atom is -0.476 e. The van der Waals surface area contributed by atoms with E-state index >= 15 is 0 Å². The van der Waals surface area contributed by atoms with E-state index in [1.54, 1.807) is 46.0 Å². The molecule has 1 heterocycles. The molecular formula is C19H23N3O4. The monoisotopic (exact) mass is 357 g/mol. The number of amides is 2. The van der Waals surface area contributed by atoms with Crippen LogP contribution in [-0.2, 0) is 9.59 Å². The van der Waals surface area contributed by atoms with Crippen molar-refractivity contribution >= 4 is 23.3 Å². The summed E-state index contributed by atoms with van der Waals surface area (Å²) in [7, 11) is 1.59. The van der Waals surface area contributed by atoms with E-state index in [1.807, 2.05) is 6.07 Å². The predicted octanol–water partition coefficient (Wildman–Crippen LogP) is 2.16. The van der Waals surface area contributed by atoms with Crippen molar-refractivity contribution in [1.82, 2.24) is 4.90 Å². The number of nitrogens with zero attached hydrogens (tertiary/aromatic N) is 3. The summed E-state index contributed by atoms with van der Waals surface area (Å²) in [4.78, 5) is 40.1. The lowest BCUT2D eigenvalue weighted by atomic mass is 10.0. The van der Waals surface area contributed by atoms with Crippen LogP contribution in [0, 0.1) is 11.3 Å². The van der Waals surface area contributed by atoms with Crippen molar-refractivity contribution in [3.8, 4) is 11.8 Å². The zero-order valence-corrected chi connectivity index (χ0v) is 15.5. The first-order valence-corrected chi connectivity index (χ1v) is 8.50. The Labute approximate surface area is 153 Å². The first-order chi connectivity index (χ1) is 12.2. The molecule has 0 fully saturated rings. The molecule has 138 valence electrons. The summed E-state index contributed by atoms with van der Waals surface area (Å²) in [5, 5.41) is 8.66. The second-order valence-corrected chi connectivity index (χ2v) is 6.69. The minimum absolute atomic E-state index is 0.0532. The van der Waals surface area contributed by atoms with E-state index in [0.717, 1.165) is 0 Å². The van der Waals surface area contributed by atoms with Crippen molar-refractivity contribution in [3.63, 3.8) is 0 Å². The lowest BCUT2D eigenvalue weighted by molar-refractivity contribution is -0.136. The van der Waals surface area contributed by atoms with Gasteiger partial charge < -0.3 is 9.64 Å². The third-order valence-corrected chi connectivity index (χ3v) is 4.30. The number of hydrogen-bond donors (Lipinski definition) is 0. The normalized spacial score (nSPS) is 14.9. The van der Waals surface area contributed by atoms with Crippen molar-refractivity contribution in [2.24, 2.45) is 0 Å². The molecule has 1 aliphatic rings. The van der Waals surface area contributed by atoms with Gasteiger partial charge in [0.25, 0.3) is 5.91 Å². The third kappa shape index (κ3) is 3.85. The van der Waals surface area contributed by atoms with Crippen LogP contribution in [0.15, 0.2) is 18.2 Å². The van der Waals surface area contributed by atoms with Crippen LogP contribution in [0.1, 0.15) is 44.0 Å². The van der Waals surface area contributed by atoms with Gasteiger partial charge in [-0.1, -0.05) is 6.92 Å². The Kier molecular flexibility index (Phi) is 5.66. The van der Waals surface area contributed by atoms with Crippen LogP contribution >= 0.6 is 0 Å². The standard InChI is InChI=1S/C19H23N3O4/c1-5-15(23)13-7-8-16-14(11-13)22(18(25)19(2,3)26-16)12-17(24)21(4)10-6-9-20/h7-8,11H,5-6,10,12H2,1-4H3. The number of anilines is 1. The lowest BCUT2D eigenvalue weighted by Crippen LogP contribution is -2.55. The average molecular weight is 357 g/mol. The topological polar surface area (TPSA) is 90.7 Å². The van der Waals surface area contributed by atoms with Gasteiger partial charge >= 0.3 is 0 Å². The largest absolute Gasteiger partial charge is 0.476 e. The molecule has 2 amide bonds. The fourth-order valence-electron chi connectivity index (χ4n) is 2.70. The van der Waals surface area contributed by atoms with Crippen LogP contribution in [0.3, 0.4) is 0 Å². The molecule has 26 heavy (non-hydrogen) atoms. The smallest absolute Gasteiger partial charge is 0.271 e. The van der Waals surface area contributed by atoms with E-state index in [-0.39, 0.29) is 30.6 Å². The summed E-state index contributed by atoms with van der Waals surface area (Å²) < 4.78 is 5.77. The molecule has 0 saturated carbocycles. The highest BCUT2D eigenvalue weighted by Crippen LogP contribution is 2.38. The lowest BCUT2D eigenvalue weighted by Gasteiger charge is -2.39. The van der Waals surface area contributed by atoms with Gasteiger partial charge in [0.15, 0.2) is 11.4 Å². The van der Waals surface area contributed by atoms with Crippen LogP contribution in [0.5, 0.6) is 5.75 Å². The Morgan fingerprint density at radius 3 is 2.65 bits per heavy atom. The summed E-state index contributed by atoms with van der Waals surface area (Å²) in [6.45, 7) is 5.15. The molecule has 0 radical (unpaired) electrons. The van der Waals surface area contributed by atoms with E-state index in [2.05, 4.69) is 0 Å². The zero-order valence-electron chi connectivity index (χ0n) is 15.5. The number of ether oxygens (including phenoxy) is 1. The summed E-state index contributed by atoms with van der Waals surface area (Å²) >= 11 is 0. The number of ketones is 1. The molecule has 7 nitrogen and oxygen atoms in total. The second kappa shape index (κ2) is 7.56. The maximum atomic E-state index is 12.8. The van der Waals surface area contributed by atoms with E-state index in [9.17, 15) is 14.4 Å². The number of rotatable bonds is 6. The molecule has 0 saturated heterocycles. The highest BCUT2D eigenvalue weighted by molar-refractivity contribution is 6.07. The number of carbonyl (C=O) groups excluding carboxylic acids is 3. The molecule has 1 aromatic carbocycles. The van der Waals surface area contributed by atoms with Gasteiger partial charge in [-0.15, -0.1) is 0 Å². The molecule has 1 aliphatic heterocycles. The van der Waals surface area contributed by atoms with Crippen LogP contribution in [0.4, 0.5) is 5.69 Å². The molecule has 0 N–H and O–H groups in total. The number of fused-ring (bicyclic) bond motifs is 1. The van der Waals surface area contributed by atoms with E-state index in [0.29, 0.717) is 30.0 Å². The van der Waals surface area contributed by atoms with Gasteiger partial charge in [0.05, 0.1) is 18.2 Å². The average Bonchev–Trinajstić information content (AvgIpc) is 2.62. The summed E-state index contributed by atoms with van der Waals surface area (Å²) in [6.07, 6.45) is 0.561. The molecule has 7 heteroatoms. The van der Waals surface area contributed by atoms with E-state index < -0.39 is 5.60 Å². The molecule has 0 aliphatic carbocycles. The van der Waals surface area contributed by atoms with Gasteiger partial charge in [-0.2, -0.15) is 5.26 Å². The maximum Gasteiger partial charge on any atom is 0.271 e. The van der Waals surface area contributed by atoms with E-state index in [1.165, 1.54) is 9.80 Å². The molecule has 0 aromatic heterocycles. The fraction of sp³-hybridized carbons (Fsp3) is 0.474. The Balaban J connectivity index is 2.38. The molecule has 0 spiro atoms. The Morgan fingerprint density at radius 1 is 1.35 bits per heavy atom. The molecular weight excluding hydrogens is 334 g/mol. The number of carbonyl (C=O) groups is 3. The predicted molar refractivity (Wildman–Crippen MR) is 96.0 cm³/mol. The van der Waals surface area contributed by atoms with Gasteiger partial charge in [0.1, 0.15) is 12.3 Å². The Bertz CT molecular complexity index is 779. The Hall–Kier alpha value is -2.88. The first-order valence-electron chi connectivity index (χ1n) is 8.50. The third-order valence-electron chi connectivity index (χ3n) is 4.30. The van der Waals surface area contributed by atoms with Gasteiger partial charge in [-0.05, 0) is 32.0 Å². The van der Waals surface area contributed by atoms with Gasteiger partial charge in [0.2, 0.25) is 5.91 Å². The minimum atomic E-state index is -1.12. The van der Waals surface area contributed by atoms with Crippen molar-refractivity contribution in [3.05, 3.63) is 23.8 Å². The summed E-state index contributed by atoms with van der Waals surface area (Å²) in [6, 6.07) is 6.90. The van der Waals surface area contributed by atoms with Gasteiger partial charge in [-0.3, -0.25) is 19.3 Å². The number of Topliss-reactive ketones (excluding diaryl/α,β-unsaturated/α-hetero) is 1. The molecule has 0 bridgehead atoms. The summed E-state index contributed by atoms with van der Waals surface area (Å²) in [5.74, 6) is -0.241. The highest BCUT2D eigenvalue weighted by atomic mass is 16.5. The number of likely N-dealkylation sites (N-methyl/N-ethyl adjacent to an activating group) is 1. The van der Waals surface area contributed by atoms with Gasteiger partial charge in [-0.25, -0.2) is 0 Å². The van der Waals surface area contributed by atoms with Crippen molar-refractivity contribution in [2.75, 3.05) is 25.0 Å². The molecule has 0 unspecified atom stereocenters. The zero-order chi connectivity index (χ0) is 19.5. The van der Waals surface area contributed by atoms with Crippen molar-refractivity contribution in [1.29, 1.82) is 5.26 Å². The summed E-state index contributed by atoms with van der Waals surface area (Å²) in [5.41, 5.74) is -0.234. The maximum absolute atomic E-state index is 12.8. The fourth-order valence-corrected chi connectivity index (χ4v) is 2.70. The number of nitriles is 1. The van der Waals surface area contributed by atoms with Crippen LogP contribution in [-0.4, -0.2) is 48.2 Å². The molecule has 2 rings (SSSR count). The molecule has 0 atom stereocenters. The highest BCUT2D eigenvalue weighted by Gasteiger charge is 2.42. The van der Waals surface area contributed by atoms with Gasteiger partial charge in [0, 0.05) is 25.6 Å². The van der Waals surface area contributed by atoms with Crippen molar-refractivity contribution in [2.45, 2.75) is 39.2 Å². The SMILES string of the molecule is CCC(=O)c1ccc2c(c1)N(CC(=O)N(C)CCC#N)C(=O)C(C)(C)O2. The van der Waals surface area contributed by atoms with Crippen LogP contribution in [0.2, 0.25) is 0 Å². The van der Waals surface area contributed by atoms with Crippen molar-refractivity contribution < 1.29 is 19.1 Å². The van der Waals surface area contributed by atoms with Crippen LogP contribution in [0.25, 0.3) is 0 Å².